The zero-order valence-electron chi connectivity index (χ0n) is 12.0. The van der Waals surface area contributed by atoms with Gasteiger partial charge in [-0.15, -0.1) is 0 Å². The van der Waals surface area contributed by atoms with Crippen LogP contribution in [-0.4, -0.2) is 31.1 Å². The van der Waals surface area contributed by atoms with E-state index in [1.807, 2.05) is 6.26 Å². The van der Waals surface area contributed by atoms with Crippen LogP contribution in [0.25, 0.3) is 0 Å². The summed E-state index contributed by atoms with van der Waals surface area (Å²) in [5, 5.41) is 3.72. The second kappa shape index (κ2) is 6.10. The number of nitrogens with one attached hydrogen (secondary N) is 1. The quantitative estimate of drug-likeness (QED) is 0.904. The minimum Gasteiger partial charge on any atom is -0.469 e. The molecule has 1 aliphatic carbocycles. The molecule has 1 saturated heterocycles. The molecule has 3 nitrogen and oxygen atoms in total. The Morgan fingerprint density at radius 3 is 3.00 bits per heavy atom. The standard InChI is InChI=1S/C16H26N2O/c1-13-5-9-18(10-6-13)11-8-17-15-3-2-4-16-14(15)7-12-19-16/h7,12-13,15,17H,2-6,8-11H2,1H3. The molecule has 0 bridgehead atoms. The van der Waals surface area contributed by atoms with Crippen molar-refractivity contribution >= 4 is 0 Å². The lowest BCUT2D eigenvalue weighted by Crippen LogP contribution is -2.39. The van der Waals surface area contributed by atoms with Crippen LogP contribution in [0.1, 0.15) is 50.0 Å². The third-order valence-corrected chi connectivity index (χ3v) is 4.75. The van der Waals surface area contributed by atoms with Crippen molar-refractivity contribution in [1.29, 1.82) is 0 Å². The van der Waals surface area contributed by atoms with Gasteiger partial charge in [0.05, 0.1) is 6.26 Å². The summed E-state index contributed by atoms with van der Waals surface area (Å²) in [5.41, 5.74) is 1.40. The first-order chi connectivity index (χ1) is 9.33. The molecule has 0 radical (unpaired) electrons. The lowest BCUT2D eigenvalue weighted by molar-refractivity contribution is 0.190. The van der Waals surface area contributed by atoms with Crippen LogP contribution in [0.3, 0.4) is 0 Å². The fraction of sp³-hybridized carbons (Fsp3) is 0.750. The zero-order valence-corrected chi connectivity index (χ0v) is 12.0. The fourth-order valence-corrected chi connectivity index (χ4v) is 3.38. The highest BCUT2D eigenvalue weighted by molar-refractivity contribution is 5.23. The second-order valence-electron chi connectivity index (χ2n) is 6.22. The summed E-state index contributed by atoms with van der Waals surface area (Å²) >= 11 is 0. The SMILES string of the molecule is CC1CCN(CCNC2CCCc3occc32)CC1. The summed E-state index contributed by atoms with van der Waals surface area (Å²) in [4.78, 5) is 2.60. The Hall–Kier alpha value is -0.800. The first kappa shape index (κ1) is 13.2. The van der Waals surface area contributed by atoms with E-state index in [0.29, 0.717) is 6.04 Å². The minimum atomic E-state index is 0.520. The van der Waals surface area contributed by atoms with Gasteiger partial charge < -0.3 is 14.6 Å². The summed E-state index contributed by atoms with van der Waals surface area (Å²) in [6.07, 6.45) is 8.20. The third-order valence-electron chi connectivity index (χ3n) is 4.75. The Labute approximate surface area is 116 Å². The first-order valence-electron chi connectivity index (χ1n) is 7.85. The first-order valence-corrected chi connectivity index (χ1v) is 7.85. The Kier molecular flexibility index (Phi) is 4.24. The number of piperidine rings is 1. The number of rotatable bonds is 4. The number of hydrogen-bond acceptors (Lipinski definition) is 3. The summed E-state index contributed by atoms with van der Waals surface area (Å²) in [6.45, 7) is 7.23. The van der Waals surface area contributed by atoms with Crippen LogP contribution >= 0.6 is 0 Å². The van der Waals surface area contributed by atoms with E-state index < -0.39 is 0 Å². The van der Waals surface area contributed by atoms with E-state index in [1.54, 1.807) is 0 Å². The molecule has 1 fully saturated rings. The molecule has 3 heteroatoms. The van der Waals surface area contributed by atoms with Crippen molar-refractivity contribution in [2.45, 2.75) is 45.1 Å². The Balaban J connectivity index is 1.44. The molecule has 2 heterocycles. The van der Waals surface area contributed by atoms with Gasteiger partial charge in [0.25, 0.3) is 0 Å². The largest absolute Gasteiger partial charge is 0.469 e. The molecule has 106 valence electrons. The number of likely N-dealkylation sites (tertiary alicyclic amines) is 1. The normalized spacial score (nSPS) is 25.4. The molecule has 1 unspecified atom stereocenters. The van der Waals surface area contributed by atoms with E-state index >= 15 is 0 Å². The number of hydrogen-bond donors (Lipinski definition) is 1. The Morgan fingerprint density at radius 2 is 2.16 bits per heavy atom. The number of fused-ring (bicyclic) bond motifs is 1. The molecule has 2 aliphatic rings. The van der Waals surface area contributed by atoms with Gasteiger partial charge in [-0.3, -0.25) is 0 Å². The van der Waals surface area contributed by atoms with Crippen molar-refractivity contribution in [1.82, 2.24) is 10.2 Å². The van der Waals surface area contributed by atoms with Crippen LogP contribution in [0, 0.1) is 5.92 Å². The smallest absolute Gasteiger partial charge is 0.108 e. The van der Waals surface area contributed by atoms with Crippen LogP contribution in [0.15, 0.2) is 16.7 Å². The average Bonchev–Trinajstić information content (AvgIpc) is 2.90. The number of nitrogens with zero attached hydrogens (tertiary/aromatic N) is 1. The van der Waals surface area contributed by atoms with Gasteiger partial charge in [0.15, 0.2) is 0 Å². The average molecular weight is 262 g/mol. The third kappa shape index (κ3) is 3.21. The summed E-state index contributed by atoms with van der Waals surface area (Å²) in [7, 11) is 0. The zero-order chi connectivity index (χ0) is 13.1. The maximum Gasteiger partial charge on any atom is 0.108 e. The van der Waals surface area contributed by atoms with E-state index in [4.69, 9.17) is 4.42 Å². The molecule has 1 aromatic heterocycles. The summed E-state index contributed by atoms with van der Waals surface area (Å²) < 4.78 is 5.54. The molecule has 1 aliphatic heterocycles. The minimum absolute atomic E-state index is 0.520. The van der Waals surface area contributed by atoms with Gasteiger partial charge in [0, 0.05) is 31.1 Å². The van der Waals surface area contributed by atoms with Gasteiger partial charge in [-0.1, -0.05) is 6.92 Å². The maximum atomic E-state index is 5.54. The van der Waals surface area contributed by atoms with E-state index in [1.165, 1.54) is 56.6 Å². The maximum absolute atomic E-state index is 5.54. The van der Waals surface area contributed by atoms with Crippen LogP contribution in [-0.2, 0) is 6.42 Å². The van der Waals surface area contributed by atoms with Crippen molar-refractivity contribution < 1.29 is 4.42 Å². The van der Waals surface area contributed by atoms with Gasteiger partial charge in [-0.05, 0) is 50.8 Å². The van der Waals surface area contributed by atoms with Crippen molar-refractivity contribution in [3.63, 3.8) is 0 Å². The second-order valence-corrected chi connectivity index (χ2v) is 6.22. The van der Waals surface area contributed by atoms with E-state index in [-0.39, 0.29) is 0 Å². The molecule has 1 atom stereocenters. The molecule has 1 N–H and O–H groups in total. The van der Waals surface area contributed by atoms with Crippen molar-refractivity contribution in [2.24, 2.45) is 5.92 Å². The number of furan rings is 1. The predicted molar refractivity (Wildman–Crippen MR) is 77.2 cm³/mol. The topological polar surface area (TPSA) is 28.4 Å². The van der Waals surface area contributed by atoms with Gasteiger partial charge in [0.2, 0.25) is 0 Å². The molecule has 0 amide bonds. The molecule has 3 rings (SSSR count). The number of aryl methyl sites for hydroxylation is 1. The van der Waals surface area contributed by atoms with Crippen LogP contribution in [0.4, 0.5) is 0 Å². The summed E-state index contributed by atoms with van der Waals surface area (Å²) in [6, 6.07) is 2.67. The molecule has 0 saturated carbocycles. The van der Waals surface area contributed by atoms with Gasteiger partial charge in [-0.25, -0.2) is 0 Å². The van der Waals surface area contributed by atoms with Crippen molar-refractivity contribution in [2.75, 3.05) is 26.2 Å². The Morgan fingerprint density at radius 1 is 1.32 bits per heavy atom. The monoisotopic (exact) mass is 262 g/mol. The van der Waals surface area contributed by atoms with E-state index in [0.717, 1.165) is 18.9 Å². The highest BCUT2D eigenvalue weighted by atomic mass is 16.3. The summed E-state index contributed by atoms with van der Waals surface area (Å²) in [5.74, 6) is 2.13. The predicted octanol–water partition coefficient (Wildman–Crippen LogP) is 2.98. The molecular formula is C16H26N2O. The lowest BCUT2D eigenvalue weighted by Gasteiger charge is -2.31. The van der Waals surface area contributed by atoms with Crippen molar-refractivity contribution in [3.8, 4) is 0 Å². The highest BCUT2D eigenvalue weighted by Crippen LogP contribution is 2.30. The van der Waals surface area contributed by atoms with Gasteiger partial charge in [-0.2, -0.15) is 0 Å². The van der Waals surface area contributed by atoms with Gasteiger partial charge >= 0.3 is 0 Å². The van der Waals surface area contributed by atoms with Gasteiger partial charge in [0.1, 0.15) is 5.76 Å². The molecule has 0 aromatic carbocycles. The molecule has 19 heavy (non-hydrogen) atoms. The fourth-order valence-electron chi connectivity index (χ4n) is 3.38. The molecule has 1 aromatic rings. The lowest BCUT2D eigenvalue weighted by atomic mass is 9.93. The Bertz CT molecular complexity index is 393. The van der Waals surface area contributed by atoms with Crippen LogP contribution < -0.4 is 5.32 Å². The van der Waals surface area contributed by atoms with Crippen LogP contribution in [0.2, 0.25) is 0 Å². The van der Waals surface area contributed by atoms with E-state index in [2.05, 4.69) is 23.2 Å². The van der Waals surface area contributed by atoms with E-state index in [9.17, 15) is 0 Å². The highest BCUT2D eigenvalue weighted by Gasteiger charge is 2.22. The van der Waals surface area contributed by atoms with Crippen LogP contribution in [0.5, 0.6) is 0 Å². The van der Waals surface area contributed by atoms with Crippen molar-refractivity contribution in [3.05, 3.63) is 23.7 Å². The molecule has 0 spiro atoms. The molecular weight excluding hydrogens is 236 g/mol.